The fourth-order valence-electron chi connectivity index (χ4n) is 2.58. The van der Waals surface area contributed by atoms with Crippen LogP contribution in [0.15, 0.2) is 18.2 Å². The molecule has 0 radical (unpaired) electrons. The van der Waals surface area contributed by atoms with Crippen molar-refractivity contribution in [2.45, 2.75) is 39.7 Å². The van der Waals surface area contributed by atoms with E-state index >= 15 is 0 Å². The average molecular weight is 262 g/mol. The minimum Gasteiger partial charge on any atom is -0.493 e. The molecule has 0 fully saturated rings. The Labute approximate surface area is 114 Å². The van der Waals surface area contributed by atoms with Crippen molar-refractivity contribution in [3.8, 4) is 5.75 Å². The molecule has 19 heavy (non-hydrogen) atoms. The smallest absolute Gasteiger partial charge is 0.195 e. The number of ether oxygens (including phenoxy) is 2. The normalized spacial score (nSPS) is 16.4. The van der Waals surface area contributed by atoms with Gasteiger partial charge in [-0.15, -0.1) is 0 Å². The Hall–Kier alpha value is -1.35. The quantitative estimate of drug-likeness (QED) is 0.784. The maximum absolute atomic E-state index is 12.7. The van der Waals surface area contributed by atoms with Crippen LogP contribution < -0.4 is 4.74 Å². The molecule has 0 N–H and O–H groups in total. The van der Waals surface area contributed by atoms with Gasteiger partial charge in [-0.1, -0.05) is 32.9 Å². The molecule has 1 aromatic carbocycles. The fraction of sp³-hybridized carbons (Fsp3) is 0.562. The van der Waals surface area contributed by atoms with Gasteiger partial charge in [0.05, 0.1) is 12.2 Å². The number of carbonyl (C=O) groups excluding carboxylic acids is 1. The molecule has 0 spiro atoms. The Morgan fingerprint density at radius 2 is 2.11 bits per heavy atom. The van der Waals surface area contributed by atoms with Crippen LogP contribution in [0.3, 0.4) is 0 Å². The van der Waals surface area contributed by atoms with Crippen LogP contribution >= 0.6 is 0 Å². The van der Waals surface area contributed by atoms with E-state index in [1.165, 1.54) is 0 Å². The van der Waals surface area contributed by atoms with Gasteiger partial charge in [-0.05, 0) is 29.9 Å². The lowest BCUT2D eigenvalue weighted by molar-refractivity contribution is 0.0193. The zero-order chi connectivity index (χ0) is 14.0. The fourth-order valence-corrected chi connectivity index (χ4v) is 2.58. The highest BCUT2D eigenvalue weighted by Gasteiger charge is 2.34. The zero-order valence-electron chi connectivity index (χ0n) is 12.2. The molecule has 0 saturated carbocycles. The van der Waals surface area contributed by atoms with E-state index < -0.39 is 6.10 Å². The summed E-state index contributed by atoms with van der Waals surface area (Å²) < 4.78 is 11.1. The Balaban J connectivity index is 2.39. The van der Waals surface area contributed by atoms with Crippen molar-refractivity contribution in [1.82, 2.24) is 0 Å². The second kappa shape index (κ2) is 5.33. The molecule has 1 atom stereocenters. The minimum atomic E-state index is -0.454. The van der Waals surface area contributed by atoms with Gasteiger partial charge >= 0.3 is 0 Å². The maximum Gasteiger partial charge on any atom is 0.195 e. The molecule has 3 nitrogen and oxygen atoms in total. The molecule has 0 saturated heterocycles. The molecule has 0 bridgehead atoms. The van der Waals surface area contributed by atoms with Gasteiger partial charge in [-0.2, -0.15) is 0 Å². The van der Waals surface area contributed by atoms with E-state index in [0.717, 1.165) is 24.2 Å². The van der Waals surface area contributed by atoms with E-state index in [1.54, 1.807) is 7.11 Å². The molecule has 1 aliphatic heterocycles. The lowest BCUT2D eigenvalue weighted by Gasteiger charge is -2.29. The van der Waals surface area contributed by atoms with Gasteiger partial charge in [-0.3, -0.25) is 4.79 Å². The Bertz CT molecular complexity index is 471. The number of aryl methyl sites for hydroxylation is 1. The molecular weight excluding hydrogens is 240 g/mol. The summed E-state index contributed by atoms with van der Waals surface area (Å²) in [6.07, 6.45) is 1.53. The van der Waals surface area contributed by atoms with E-state index in [0.29, 0.717) is 12.2 Å². The highest BCUT2D eigenvalue weighted by Crippen LogP contribution is 2.33. The van der Waals surface area contributed by atoms with Crippen molar-refractivity contribution in [1.29, 1.82) is 0 Å². The van der Waals surface area contributed by atoms with E-state index in [4.69, 9.17) is 9.47 Å². The van der Waals surface area contributed by atoms with Crippen LogP contribution in [0.5, 0.6) is 5.75 Å². The summed E-state index contributed by atoms with van der Waals surface area (Å²) in [4.78, 5) is 12.7. The number of benzene rings is 1. The number of fused-ring (bicyclic) bond motifs is 1. The number of hydrogen-bond acceptors (Lipinski definition) is 3. The van der Waals surface area contributed by atoms with Gasteiger partial charge in [0.2, 0.25) is 0 Å². The molecule has 0 amide bonds. The summed E-state index contributed by atoms with van der Waals surface area (Å²) in [6.45, 7) is 6.71. The third kappa shape index (κ3) is 2.81. The lowest BCUT2D eigenvalue weighted by atomic mass is 9.83. The van der Waals surface area contributed by atoms with Crippen LogP contribution in [0.2, 0.25) is 0 Å². The molecule has 1 unspecified atom stereocenters. The largest absolute Gasteiger partial charge is 0.493 e. The second-order valence-electron chi connectivity index (χ2n) is 6.09. The topological polar surface area (TPSA) is 35.5 Å². The molecule has 2 rings (SSSR count). The predicted molar refractivity (Wildman–Crippen MR) is 74.8 cm³/mol. The Morgan fingerprint density at radius 3 is 2.74 bits per heavy atom. The molecule has 1 heterocycles. The van der Waals surface area contributed by atoms with Gasteiger partial charge in [0.25, 0.3) is 0 Å². The minimum absolute atomic E-state index is 0.00810. The zero-order valence-corrected chi connectivity index (χ0v) is 12.2. The Kier molecular flexibility index (Phi) is 3.95. The van der Waals surface area contributed by atoms with Gasteiger partial charge in [0, 0.05) is 7.11 Å². The summed E-state index contributed by atoms with van der Waals surface area (Å²) in [7, 11) is 1.59. The number of methoxy groups -OCH3 is 1. The summed E-state index contributed by atoms with van der Waals surface area (Å²) in [5, 5.41) is 0. The van der Waals surface area contributed by atoms with Crippen LogP contribution in [0.25, 0.3) is 0 Å². The average Bonchev–Trinajstić information content (AvgIpc) is 2.37. The van der Waals surface area contributed by atoms with Crippen LogP contribution in [0.4, 0.5) is 0 Å². The molecule has 1 aromatic rings. The van der Waals surface area contributed by atoms with Crippen molar-refractivity contribution in [3.63, 3.8) is 0 Å². The van der Waals surface area contributed by atoms with E-state index in [1.807, 2.05) is 39.0 Å². The van der Waals surface area contributed by atoms with Gasteiger partial charge in [-0.25, -0.2) is 0 Å². The van der Waals surface area contributed by atoms with E-state index in [-0.39, 0.29) is 11.2 Å². The van der Waals surface area contributed by atoms with Gasteiger partial charge in [0.15, 0.2) is 5.78 Å². The summed E-state index contributed by atoms with van der Waals surface area (Å²) in [6, 6.07) is 5.80. The first-order valence-corrected chi connectivity index (χ1v) is 6.77. The molecule has 3 heteroatoms. The maximum atomic E-state index is 12.7. The number of carbonyl (C=O) groups is 1. The van der Waals surface area contributed by atoms with Gasteiger partial charge < -0.3 is 9.47 Å². The first-order valence-electron chi connectivity index (χ1n) is 6.77. The van der Waals surface area contributed by atoms with Crippen molar-refractivity contribution < 1.29 is 14.3 Å². The Morgan fingerprint density at radius 1 is 1.37 bits per heavy atom. The lowest BCUT2D eigenvalue weighted by Crippen LogP contribution is -2.36. The highest BCUT2D eigenvalue weighted by molar-refractivity contribution is 6.02. The predicted octanol–water partition coefficient (Wildman–Crippen LogP) is 3.26. The number of rotatable bonds is 3. The van der Waals surface area contributed by atoms with Crippen molar-refractivity contribution in [2.24, 2.45) is 5.41 Å². The van der Waals surface area contributed by atoms with Crippen molar-refractivity contribution >= 4 is 5.78 Å². The standard InChI is InChI=1S/C16H22O3/c1-16(2,3)15(18-4)13(17)12-9-5-7-11-8-6-10-19-14(11)12/h5,7,9,15H,6,8,10H2,1-4H3. The number of para-hydroxylation sites is 1. The van der Waals surface area contributed by atoms with Crippen LogP contribution in [-0.2, 0) is 11.2 Å². The van der Waals surface area contributed by atoms with E-state index in [9.17, 15) is 4.79 Å². The van der Waals surface area contributed by atoms with Crippen LogP contribution in [-0.4, -0.2) is 25.6 Å². The third-order valence-corrected chi connectivity index (χ3v) is 3.46. The SMILES string of the molecule is COC(C(=O)c1cccc2c1OCCC2)C(C)(C)C. The molecule has 1 aliphatic rings. The summed E-state index contributed by atoms with van der Waals surface area (Å²) >= 11 is 0. The number of Topliss-reactive ketones (excluding diaryl/α,β-unsaturated/α-hetero) is 1. The van der Waals surface area contributed by atoms with Crippen molar-refractivity contribution in [3.05, 3.63) is 29.3 Å². The molecule has 0 aliphatic carbocycles. The molecule has 0 aromatic heterocycles. The van der Waals surface area contributed by atoms with Crippen molar-refractivity contribution in [2.75, 3.05) is 13.7 Å². The summed E-state index contributed by atoms with van der Waals surface area (Å²) in [5.41, 5.74) is 1.54. The van der Waals surface area contributed by atoms with Gasteiger partial charge in [0.1, 0.15) is 11.9 Å². The summed E-state index contributed by atoms with van der Waals surface area (Å²) in [5.74, 6) is 0.763. The van der Waals surface area contributed by atoms with Crippen LogP contribution in [0.1, 0.15) is 43.1 Å². The molecular formula is C16H22O3. The number of hydrogen-bond donors (Lipinski definition) is 0. The molecule has 104 valence electrons. The highest BCUT2D eigenvalue weighted by atomic mass is 16.5. The second-order valence-corrected chi connectivity index (χ2v) is 6.09. The monoisotopic (exact) mass is 262 g/mol. The number of ketones is 1. The first kappa shape index (κ1) is 14.1. The van der Waals surface area contributed by atoms with Crippen LogP contribution in [0, 0.1) is 5.41 Å². The first-order chi connectivity index (χ1) is 8.95. The van der Waals surface area contributed by atoms with E-state index in [2.05, 4.69) is 0 Å². The third-order valence-electron chi connectivity index (χ3n) is 3.46.